The lowest BCUT2D eigenvalue weighted by Crippen LogP contribution is -2.66. The largest absolute Gasteiger partial charge is 0.385 e. The van der Waals surface area contributed by atoms with E-state index in [4.69, 9.17) is 0 Å². The fraction of sp³-hybridized carbons (Fsp3) is 0.967. The number of fused-ring (bicyclic) bond motifs is 7. The first-order valence-corrected chi connectivity index (χ1v) is 13.9. The molecule has 0 aromatic rings. The van der Waals surface area contributed by atoms with Gasteiger partial charge in [0.2, 0.25) is 0 Å². The molecule has 0 bridgehead atoms. The Balaban J connectivity index is 1.52. The zero-order valence-electron chi connectivity index (χ0n) is 22.3. The highest BCUT2D eigenvalue weighted by Gasteiger charge is 2.70. The van der Waals surface area contributed by atoms with Crippen LogP contribution in [0.2, 0.25) is 0 Å². The second kappa shape index (κ2) is 6.86. The Morgan fingerprint density at radius 1 is 0.750 bits per heavy atom. The van der Waals surface area contributed by atoms with E-state index in [0.29, 0.717) is 34.5 Å². The van der Waals surface area contributed by atoms with Crippen molar-refractivity contribution in [2.75, 3.05) is 0 Å². The molecule has 1 N–H and O–H groups in total. The van der Waals surface area contributed by atoms with Gasteiger partial charge in [-0.05, 0) is 109 Å². The SMILES string of the molecule is CC(C)C1CCC2C1(C)CCC1(C)C3CCC4C(C)(C)C(O)C(=O)CC4(C)C3CCC21C. The molecular weight excluding hydrogens is 392 g/mol. The molecule has 5 aliphatic carbocycles. The summed E-state index contributed by atoms with van der Waals surface area (Å²) >= 11 is 0. The van der Waals surface area contributed by atoms with Crippen LogP contribution >= 0.6 is 0 Å². The van der Waals surface area contributed by atoms with E-state index in [1.807, 2.05) is 0 Å². The number of hydrogen-bond donors (Lipinski definition) is 1. The first-order valence-electron chi connectivity index (χ1n) is 13.9. The summed E-state index contributed by atoms with van der Waals surface area (Å²) in [7, 11) is 0. The van der Waals surface area contributed by atoms with Crippen LogP contribution in [-0.2, 0) is 4.79 Å². The van der Waals surface area contributed by atoms with Crippen LogP contribution in [0.3, 0.4) is 0 Å². The minimum Gasteiger partial charge on any atom is -0.385 e. The highest BCUT2D eigenvalue weighted by Crippen LogP contribution is 2.77. The zero-order valence-corrected chi connectivity index (χ0v) is 22.3. The summed E-state index contributed by atoms with van der Waals surface area (Å²) in [6, 6.07) is 0. The molecule has 182 valence electrons. The summed E-state index contributed by atoms with van der Waals surface area (Å²) in [4.78, 5) is 13.0. The molecule has 0 aromatic heterocycles. The van der Waals surface area contributed by atoms with Crippen LogP contribution in [0.1, 0.15) is 113 Å². The molecule has 5 fully saturated rings. The maximum atomic E-state index is 13.0. The average molecular weight is 443 g/mol. The molecule has 32 heavy (non-hydrogen) atoms. The van der Waals surface area contributed by atoms with Crippen LogP contribution in [-0.4, -0.2) is 17.0 Å². The number of rotatable bonds is 1. The van der Waals surface area contributed by atoms with Gasteiger partial charge in [0.05, 0.1) is 0 Å². The molecule has 0 amide bonds. The van der Waals surface area contributed by atoms with Gasteiger partial charge in [-0.1, -0.05) is 55.4 Å². The van der Waals surface area contributed by atoms with Crippen molar-refractivity contribution in [3.8, 4) is 0 Å². The number of carbonyl (C=O) groups is 1. The lowest BCUT2D eigenvalue weighted by Gasteiger charge is -2.71. The van der Waals surface area contributed by atoms with Crippen LogP contribution in [0.4, 0.5) is 0 Å². The van der Waals surface area contributed by atoms with Gasteiger partial charge in [0.25, 0.3) is 0 Å². The molecule has 2 nitrogen and oxygen atoms in total. The molecule has 5 saturated carbocycles. The molecule has 0 aromatic carbocycles. The number of Topliss-reactive ketones (excluding diaryl/α,β-unsaturated/α-hetero) is 1. The van der Waals surface area contributed by atoms with Crippen molar-refractivity contribution >= 4 is 5.78 Å². The fourth-order valence-electron chi connectivity index (χ4n) is 11.9. The molecule has 0 heterocycles. The summed E-state index contributed by atoms with van der Waals surface area (Å²) < 4.78 is 0. The molecule has 0 aliphatic heterocycles. The van der Waals surface area contributed by atoms with Crippen molar-refractivity contribution in [3.05, 3.63) is 0 Å². The molecule has 10 atom stereocenters. The van der Waals surface area contributed by atoms with Crippen LogP contribution in [0.5, 0.6) is 0 Å². The van der Waals surface area contributed by atoms with Crippen LogP contribution in [0.15, 0.2) is 0 Å². The average Bonchev–Trinajstić information content (AvgIpc) is 3.06. The van der Waals surface area contributed by atoms with E-state index in [1.54, 1.807) is 0 Å². The number of aliphatic hydroxyl groups excluding tert-OH is 1. The van der Waals surface area contributed by atoms with Crippen molar-refractivity contribution in [1.82, 2.24) is 0 Å². The summed E-state index contributed by atoms with van der Waals surface area (Å²) in [5.41, 5.74) is 1.11. The van der Waals surface area contributed by atoms with Gasteiger partial charge in [-0.3, -0.25) is 4.79 Å². The Kier molecular flexibility index (Phi) is 5.01. The molecule has 0 radical (unpaired) electrons. The number of hydrogen-bond acceptors (Lipinski definition) is 2. The van der Waals surface area contributed by atoms with E-state index in [0.717, 1.165) is 23.7 Å². The topological polar surface area (TPSA) is 37.3 Å². The Morgan fingerprint density at radius 3 is 2.06 bits per heavy atom. The highest BCUT2D eigenvalue weighted by molar-refractivity contribution is 5.85. The first kappa shape index (κ1) is 23.4. The minimum atomic E-state index is -0.775. The molecular formula is C30H50O2. The van der Waals surface area contributed by atoms with E-state index >= 15 is 0 Å². The van der Waals surface area contributed by atoms with Gasteiger partial charge in [0, 0.05) is 11.8 Å². The third kappa shape index (κ3) is 2.60. The van der Waals surface area contributed by atoms with Crippen molar-refractivity contribution in [2.24, 2.45) is 62.6 Å². The molecule has 2 heteroatoms. The quantitative estimate of drug-likeness (QED) is 0.463. The van der Waals surface area contributed by atoms with Crippen molar-refractivity contribution in [2.45, 2.75) is 119 Å². The highest BCUT2D eigenvalue weighted by atomic mass is 16.3. The van der Waals surface area contributed by atoms with Crippen LogP contribution in [0, 0.1) is 62.6 Å². The van der Waals surface area contributed by atoms with E-state index in [2.05, 4.69) is 55.4 Å². The zero-order chi connectivity index (χ0) is 23.5. The van der Waals surface area contributed by atoms with Gasteiger partial charge in [0.15, 0.2) is 5.78 Å². The van der Waals surface area contributed by atoms with Gasteiger partial charge in [0.1, 0.15) is 6.10 Å². The summed E-state index contributed by atoms with van der Waals surface area (Å²) in [5, 5.41) is 10.8. The maximum absolute atomic E-state index is 13.0. The Bertz CT molecular complexity index is 799. The molecule has 5 aliphatic rings. The van der Waals surface area contributed by atoms with Crippen molar-refractivity contribution in [1.29, 1.82) is 0 Å². The lowest BCUT2D eigenvalue weighted by molar-refractivity contribution is -0.233. The second-order valence-corrected chi connectivity index (χ2v) is 15.1. The fourth-order valence-corrected chi connectivity index (χ4v) is 11.9. The standard InChI is InChI=1S/C30H50O2/c1-18(2)19-9-12-24-27(19,5)15-16-29(7)21-10-11-23-26(3,4)25(32)22(31)17-28(23,6)20(21)13-14-30(24,29)8/h18-21,23-25,32H,9-17H2,1-8H3. The lowest BCUT2D eigenvalue weighted by atomic mass is 9.33. The van der Waals surface area contributed by atoms with Gasteiger partial charge in [-0.2, -0.15) is 0 Å². The van der Waals surface area contributed by atoms with Gasteiger partial charge in [-0.15, -0.1) is 0 Å². The predicted molar refractivity (Wildman–Crippen MR) is 131 cm³/mol. The maximum Gasteiger partial charge on any atom is 0.162 e. The van der Waals surface area contributed by atoms with Crippen molar-refractivity contribution < 1.29 is 9.90 Å². The predicted octanol–water partition coefficient (Wildman–Crippen LogP) is 7.28. The second-order valence-electron chi connectivity index (χ2n) is 15.1. The summed E-state index contributed by atoms with van der Waals surface area (Å²) in [6.07, 6.45) is 10.6. The summed E-state index contributed by atoms with van der Waals surface area (Å²) in [6.45, 7) is 19.8. The van der Waals surface area contributed by atoms with Gasteiger partial charge < -0.3 is 5.11 Å². The van der Waals surface area contributed by atoms with E-state index in [9.17, 15) is 9.90 Å². The third-order valence-electron chi connectivity index (χ3n) is 13.6. The van der Waals surface area contributed by atoms with Crippen LogP contribution in [0.25, 0.3) is 0 Å². The number of ketones is 1. The number of aliphatic hydroxyl groups is 1. The van der Waals surface area contributed by atoms with E-state index in [1.165, 1.54) is 51.4 Å². The first-order chi connectivity index (χ1) is 14.7. The smallest absolute Gasteiger partial charge is 0.162 e. The minimum absolute atomic E-state index is 0.0595. The number of carbonyl (C=O) groups excluding carboxylic acids is 1. The van der Waals surface area contributed by atoms with Gasteiger partial charge >= 0.3 is 0 Å². The third-order valence-corrected chi connectivity index (χ3v) is 13.6. The van der Waals surface area contributed by atoms with Crippen molar-refractivity contribution in [3.63, 3.8) is 0 Å². The van der Waals surface area contributed by atoms with Gasteiger partial charge in [-0.25, -0.2) is 0 Å². The Hall–Kier alpha value is -0.370. The molecule has 10 unspecified atom stereocenters. The summed E-state index contributed by atoms with van der Waals surface area (Å²) in [5.74, 6) is 4.50. The molecule has 0 saturated heterocycles. The molecule has 0 spiro atoms. The molecule has 5 rings (SSSR count). The van der Waals surface area contributed by atoms with Crippen LogP contribution < -0.4 is 0 Å². The van der Waals surface area contributed by atoms with E-state index in [-0.39, 0.29) is 16.6 Å². The Morgan fingerprint density at radius 2 is 1.41 bits per heavy atom. The normalized spacial score (nSPS) is 56.9. The Labute approximate surface area is 197 Å². The van der Waals surface area contributed by atoms with E-state index < -0.39 is 6.10 Å². The monoisotopic (exact) mass is 442 g/mol.